The van der Waals surface area contributed by atoms with E-state index in [9.17, 15) is 9.59 Å². The molecule has 2 aromatic carbocycles. The zero-order valence-corrected chi connectivity index (χ0v) is 15.7. The third-order valence-corrected chi connectivity index (χ3v) is 5.60. The van der Waals surface area contributed by atoms with Crippen molar-refractivity contribution in [1.29, 1.82) is 0 Å². The quantitative estimate of drug-likeness (QED) is 0.701. The molecule has 0 saturated carbocycles. The SMILES string of the molecule is CNC(=O)[C@](CCc1ccccc1)(CC1(N)CCNC1=O)c1ccccc1. The Morgan fingerprint density at radius 2 is 1.78 bits per heavy atom. The molecule has 1 unspecified atom stereocenters. The van der Waals surface area contributed by atoms with E-state index in [1.807, 2.05) is 48.5 Å². The highest BCUT2D eigenvalue weighted by molar-refractivity contribution is 5.92. The maximum absolute atomic E-state index is 13.2. The zero-order valence-electron chi connectivity index (χ0n) is 15.7. The molecule has 1 saturated heterocycles. The predicted octanol–water partition coefficient (Wildman–Crippen LogP) is 1.91. The number of benzene rings is 2. The third-order valence-electron chi connectivity index (χ3n) is 5.60. The second kappa shape index (κ2) is 7.92. The molecule has 5 nitrogen and oxygen atoms in total. The van der Waals surface area contributed by atoms with E-state index < -0.39 is 11.0 Å². The maximum Gasteiger partial charge on any atom is 0.240 e. The van der Waals surface area contributed by atoms with Crippen molar-refractivity contribution in [3.8, 4) is 0 Å². The van der Waals surface area contributed by atoms with Gasteiger partial charge in [0, 0.05) is 13.6 Å². The number of carbonyl (C=O) groups excluding carboxylic acids is 2. The van der Waals surface area contributed by atoms with Crippen LogP contribution in [0.3, 0.4) is 0 Å². The number of hydrogen-bond acceptors (Lipinski definition) is 3. The van der Waals surface area contributed by atoms with E-state index in [2.05, 4.69) is 22.8 Å². The Morgan fingerprint density at radius 1 is 1.15 bits per heavy atom. The first-order chi connectivity index (χ1) is 13.0. The molecular formula is C22H27N3O2. The Labute approximate surface area is 160 Å². The molecule has 142 valence electrons. The average molecular weight is 365 g/mol. The highest BCUT2D eigenvalue weighted by Crippen LogP contribution is 2.39. The van der Waals surface area contributed by atoms with Crippen LogP contribution in [0.15, 0.2) is 60.7 Å². The van der Waals surface area contributed by atoms with Gasteiger partial charge in [-0.15, -0.1) is 0 Å². The average Bonchev–Trinajstić information content (AvgIpc) is 3.04. The topological polar surface area (TPSA) is 84.2 Å². The number of nitrogens with two attached hydrogens (primary N) is 1. The van der Waals surface area contributed by atoms with Gasteiger partial charge < -0.3 is 16.4 Å². The first kappa shape index (κ1) is 19.1. The van der Waals surface area contributed by atoms with Gasteiger partial charge in [-0.1, -0.05) is 60.7 Å². The van der Waals surface area contributed by atoms with Gasteiger partial charge in [0.05, 0.1) is 11.0 Å². The van der Waals surface area contributed by atoms with Gasteiger partial charge in [-0.05, 0) is 36.8 Å². The van der Waals surface area contributed by atoms with Crippen LogP contribution in [0.2, 0.25) is 0 Å². The fourth-order valence-electron chi connectivity index (χ4n) is 4.05. The van der Waals surface area contributed by atoms with Crippen molar-refractivity contribution >= 4 is 11.8 Å². The lowest BCUT2D eigenvalue weighted by molar-refractivity contribution is -0.129. The summed E-state index contributed by atoms with van der Waals surface area (Å²) >= 11 is 0. The molecule has 2 atom stereocenters. The molecule has 0 bridgehead atoms. The number of aryl methyl sites for hydroxylation is 1. The molecule has 0 radical (unpaired) electrons. The molecule has 3 rings (SSSR count). The summed E-state index contributed by atoms with van der Waals surface area (Å²) in [5, 5.41) is 5.64. The standard InChI is InChI=1S/C22H27N3O2/c1-24-19(26)21(18-10-6-3-7-11-18,13-12-17-8-4-2-5-9-17)16-22(23)14-15-25-20(22)27/h2-11H,12-16,23H2,1H3,(H,24,26)(H,25,27)/t21-,22?/m1/s1. The molecule has 4 N–H and O–H groups in total. The zero-order chi connectivity index (χ0) is 19.3. The van der Waals surface area contributed by atoms with E-state index in [-0.39, 0.29) is 18.2 Å². The summed E-state index contributed by atoms with van der Waals surface area (Å²) in [6, 6.07) is 19.8. The van der Waals surface area contributed by atoms with Crippen LogP contribution in [0.4, 0.5) is 0 Å². The highest BCUT2D eigenvalue weighted by atomic mass is 16.2. The second-order valence-electron chi connectivity index (χ2n) is 7.35. The predicted molar refractivity (Wildman–Crippen MR) is 106 cm³/mol. The van der Waals surface area contributed by atoms with Crippen molar-refractivity contribution in [3.05, 3.63) is 71.8 Å². The lowest BCUT2D eigenvalue weighted by Crippen LogP contribution is -2.56. The van der Waals surface area contributed by atoms with Crippen LogP contribution < -0.4 is 16.4 Å². The summed E-state index contributed by atoms with van der Waals surface area (Å²) in [6.45, 7) is 0.548. The summed E-state index contributed by atoms with van der Waals surface area (Å²) in [6.07, 6.45) is 2.11. The van der Waals surface area contributed by atoms with Gasteiger partial charge in [-0.2, -0.15) is 0 Å². The van der Waals surface area contributed by atoms with E-state index >= 15 is 0 Å². The molecule has 27 heavy (non-hydrogen) atoms. The lowest BCUT2D eigenvalue weighted by Gasteiger charge is -2.38. The van der Waals surface area contributed by atoms with E-state index in [1.54, 1.807) is 7.05 Å². The largest absolute Gasteiger partial charge is 0.358 e. The van der Waals surface area contributed by atoms with Crippen LogP contribution in [-0.2, 0) is 21.4 Å². The molecule has 2 amide bonds. The molecule has 0 aromatic heterocycles. The third kappa shape index (κ3) is 3.88. The summed E-state index contributed by atoms with van der Waals surface area (Å²) in [4.78, 5) is 25.6. The van der Waals surface area contributed by atoms with Crippen molar-refractivity contribution in [2.75, 3.05) is 13.6 Å². The van der Waals surface area contributed by atoms with Crippen molar-refractivity contribution < 1.29 is 9.59 Å². The highest BCUT2D eigenvalue weighted by Gasteiger charge is 2.50. The Morgan fingerprint density at radius 3 is 2.33 bits per heavy atom. The van der Waals surface area contributed by atoms with Crippen molar-refractivity contribution in [1.82, 2.24) is 10.6 Å². The van der Waals surface area contributed by atoms with Crippen molar-refractivity contribution in [3.63, 3.8) is 0 Å². The summed E-state index contributed by atoms with van der Waals surface area (Å²) in [7, 11) is 1.64. The van der Waals surface area contributed by atoms with Crippen molar-refractivity contribution in [2.45, 2.75) is 36.6 Å². The molecule has 1 fully saturated rings. The van der Waals surface area contributed by atoms with Gasteiger partial charge in [0.15, 0.2) is 0 Å². The van der Waals surface area contributed by atoms with Gasteiger partial charge >= 0.3 is 0 Å². The van der Waals surface area contributed by atoms with E-state index in [1.165, 1.54) is 0 Å². The monoisotopic (exact) mass is 365 g/mol. The number of nitrogens with one attached hydrogen (secondary N) is 2. The second-order valence-corrected chi connectivity index (χ2v) is 7.35. The van der Waals surface area contributed by atoms with Gasteiger partial charge in [0.1, 0.15) is 0 Å². The van der Waals surface area contributed by atoms with E-state index in [0.717, 1.165) is 17.5 Å². The number of amides is 2. The first-order valence-electron chi connectivity index (χ1n) is 9.39. The molecule has 0 spiro atoms. The van der Waals surface area contributed by atoms with Gasteiger partial charge in [0.25, 0.3) is 0 Å². The number of likely N-dealkylation sites (N-methyl/N-ethyl adjacent to an activating group) is 1. The molecule has 0 aliphatic carbocycles. The van der Waals surface area contributed by atoms with E-state index in [4.69, 9.17) is 5.73 Å². The first-order valence-corrected chi connectivity index (χ1v) is 9.39. The normalized spacial score (nSPS) is 21.3. The summed E-state index contributed by atoms with van der Waals surface area (Å²) in [5.74, 6) is -0.277. The fraction of sp³-hybridized carbons (Fsp3) is 0.364. The summed E-state index contributed by atoms with van der Waals surface area (Å²) in [5.41, 5.74) is 6.63. The lowest BCUT2D eigenvalue weighted by atomic mass is 9.67. The van der Waals surface area contributed by atoms with Crippen LogP contribution in [0, 0.1) is 0 Å². The molecular weight excluding hydrogens is 338 g/mol. The Kier molecular flexibility index (Phi) is 5.61. The van der Waals surface area contributed by atoms with Crippen molar-refractivity contribution in [2.24, 2.45) is 5.73 Å². The van der Waals surface area contributed by atoms with Crippen LogP contribution in [0.1, 0.15) is 30.4 Å². The molecule has 1 heterocycles. The smallest absolute Gasteiger partial charge is 0.240 e. The molecule has 2 aromatic rings. The van der Waals surface area contributed by atoms with Crippen LogP contribution in [0.5, 0.6) is 0 Å². The minimum absolute atomic E-state index is 0.103. The number of hydrogen-bond donors (Lipinski definition) is 3. The minimum atomic E-state index is -1.04. The van der Waals surface area contributed by atoms with Crippen LogP contribution >= 0.6 is 0 Å². The fourth-order valence-corrected chi connectivity index (χ4v) is 4.05. The van der Waals surface area contributed by atoms with Gasteiger partial charge in [-0.25, -0.2) is 0 Å². The van der Waals surface area contributed by atoms with Gasteiger partial charge in [-0.3, -0.25) is 9.59 Å². The minimum Gasteiger partial charge on any atom is -0.358 e. The Hall–Kier alpha value is -2.66. The number of carbonyl (C=O) groups is 2. The molecule has 1 aliphatic rings. The molecule has 1 aliphatic heterocycles. The summed E-state index contributed by atoms with van der Waals surface area (Å²) < 4.78 is 0. The van der Waals surface area contributed by atoms with Crippen LogP contribution in [-0.4, -0.2) is 30.9 Å². The molecule has 5 heteroatoms. The van der Waals surface area contributed by atoms with E-state index in [0.29, 0.717) is 19.4 Å². The maximum atomic E-state index is 13.2. The van der Waals surface area contributed by atoms with Gasteiger partial charge in [0.2, 0.25) is 11.8 Å². The Bertz CT molecular complexity index is 794. The number of rotatable bonds is 7. The Balaban J connectivity index is 2.01. The van der Waals surface area contributed by atoms with Crippen LogP contribution in [0.25, 0.3) is 0 Å².